The van der Waals surface area contributed by atoms with Crippen molar-refractivity contribution in [1.82, 2.24) is 0 Å². The van der Waals surface area contributed by atoms with Gasteiger partial charge in [0.05, 0.1) is 19.8 Å². The normalized spacial score (nSPS) is 23.2. The van der Waals surface area contributed by atoms with Gasteiger partial charge in [0.25, 0.3) is 0 Å². The third-order valence-electron chi connectivity index (χ3n) is 8.02. The molecule has 0 spiro atoms. The van der Waals surface area contributed by atoms with Crippen LogP contribution < -0.4 is 0 Å². The van der Waals surface area contributed by atoms with Crippen LogP contribution in [0, 0.1) is 0 Å². The lowest BCUT2D eigenvalue weighted by atomic mass is 9.99. The van der Waals surface area contributed by atoms with Crippen molar-refractivity contribution in [3.8, 4) is 0 Å². The van der Waals surface area contributed by atoms with Gasteiger partial charge < -0.3 is 39.4 Å². The Morgan fingerprint density at radius 3 is 1.69 bits per heavy atom. The molecule has 1 rings (SSSR count). The topological polar surface area (TPSA) is 135 Å². The van der Waals surface area contributed by atoms with Crippen LogP contribution in [0.15, 0.2) is 0 Å². The molecule has 6 atom stereocenters. The number of carbonyl (C=O) groups is 1. The second-order valence-electron chi connectivity index (χ2n) is 12.0. The molecule has 9 heteroatoms. The lowest BCUT2D eigenvalue weighted by molar-refractivity contribution is -0.305. The number of carbonyl (C=O) groups excluding carboxylic acids is 1. The number of hydrogen-bond acceptors (Lipinski definition) is 9. The standard InChI is InChI=1S/C33H64O9/c1-3-5-7-9-10-11-12-13-14-15-16-17-19-21-23-39-25-27(41-29(35)22-20-18-8-6-4-2)26-40-33-32(38)31(37)30(36)28(24-34)42-33/h27-28,30-34,36-38H,3-26H2,1-2H3. The van der Waals surface area contributed by atoms with Crippen molar-refractivity contribution in [2.45, 2.75) is 179 Å². The molecule has 0 aliphatic carbocycles. The molecule has 0 bridgehead atoms. The summed E-state index contributed by atoms with van der Waals surface area (Å²) in [4.78, 5) is 12.4. The highest BCUT2D eigenvalue weighted by Crippen LogP contribution is 2.22. The molecular formula is C33H64O9. The second kappa shape index (κ2) is 26.6. The van der Waals surface area contributed by atoms with E-state index in [9.17, 15) is 25.2 Å². The van der Waals surface area contributed by atoms with E-state index in [4.69, 9.17) is 18.9 Å². The van der Waals surface area contributed by atoms with Crippen molar-refractivity contribution in [1.29, 1.82) is 0 Å². The number of rotatable bonds is 28. The SMILES string of the molecule is CCCCCCCCCCCCCCCCOCC(COC1OC(CO)C(O)C(O)C1O)OC(=O)CCCCCCC. The van der Waals surface area contributed by atoms with Gasteiger partial charge in [-0.2, -0.15) is 0 Å². The summed E-state index contributed by atoms with van der Waals surface area (Å²) >= 11 is 0. The van der Waals surface area contributed by atoms with E-state index in [1.807, 2.05) is 0 Å². The van der Waals surface area contributed by atoms with Crippen LogP contribution >= 0.6 is 0 Å². The van der Waals surface area contributed by atoms with E-state index in [2.05, 4.69) is 13.8 Å². The van der Waals surface area contributed by atoms with Crippen molar-refractivity contribution in [3.05, 3.63) is 0 Å². The molecule has 1 saturated heterocycles. The van der Waals surface area contributed by atoms with E-state index >= 15 is 0 Å². The molecule has 9 nitrogen and oxygen atoms in total. The Labute approximate surface area is 255 Å². The zero-order valence-electron chi connectivity index (χ0n) is 26.8. The third-order valence-corrected chi connectivity index (χ3v) is 8.02. The summed E-state index contributed by atoms with van der Waals surface area (Å²) in [6.07, 6.45) is 16.0. The fourth-order valence-corrected chi connectivity index (χ4v) is 5.25. The van der Waals surface area contributed by atoms with Crippen molar-refractivity contribution >= 4 is 5.97 Å². The van der Waals surface area contributed by atoms with Crippen LogP contribution in [-0.2, 0) is 23.7 Å². The number of aliphatic hydroxyl groups excluding tert-OH is 4. The van der Waals surface area contributed by atoms with Gasteiger partial charge in [-0.25, -0.2) is 0 Å². The first-order valence-electron chi connectivity index (χ1n) is 17.1. The number of hydrogen-bond donors (Lipinski definition) is 4. The maximum Gasteiger partial charge on any atom is 0.306 e. The van der Waals surface area contributed by atoms with Crippen molar-refractivity contribution < 1.29 is 44.2 Å². The highest BCUT2D eigenvalue weighted by Gasteiger charge is 2.44. The van der Waals surface area contributed by atoms with E-state index in [0.29, 0.717) is 13.0 Å². The Balaban J connectivity index is 2.28. The maximum absolute atomic E-state index is 12.4. The Bertz CT molecular complexity index is 618. The van der Waals surface area contributed by atoms with Gasteiger partial charge in [0.15, 0.2) is 6.29 Å². The predicted octanol–water partition coefficient (Wildman–Crippen LogP) is 5.57. The van der Waals surface area contributed by atoms with Gasteiger partial charge in [0, 0.05) is 13.0 Å². The number of ether oxygens (including phenoxy) is 4. The summed E-state index contributed by atoms with van der Waals surface area (Å²) in [6.45, 7) is 4.47. The van der Waals surface area contributed by atoms with Crippen LogP contribution in [0.1, 0.15) is 142 Å². The van der Waals surface area contributed by atoms with Crippen LogP contribution in [0.5, 0.6) is 0 Å². The van der Waals surface area contributed by atoms with Gasteiger partial charge in [-0.3, -0.25) is 4.79 Å². The Morgan fingerprint density at radius 2 is 1.17 bits per heavy atom. The molecule has 0 aromatic heterocycles. The van der Waals surface area contributed by atoms with Crippen molar-refractivity contribution in [3.63, 3.8) is 0 Å². The zero-order chi connectivity index (χ0) is 30.8. The first kappa shape index (κ1) is 39.2. The quantitative estimate of drug-likeness (QED) is 0.0667. The Hall–Kier alpha value is -0.810. The minimum Gasteiger partial charge on any atom is -0.457 e. The molecule has 250 valence electrons. The fourth-order valence-electron chi connectivity index (χ4n) is 5.25. The Morgan fingerprint density at radius 1 is 0.667 bits per heavy atom. The van der Waals surface area contributed by atoms with Crippen LogP contribution in [-0.4, -0.2) is 89.6 Å². The molecule has 1 heterocycles. The van der Waals surface area contributed by atoms with E-state index in [-0.39, 0.29) is 19.2 Å². The van der Waals surface area contributed by atoms with E-state index in [1.165, 1.54) is 77.0 Å². The highest BCUT2D eigenvalue weighted by atomic mass is 16.7. The molecule has 0 radical (unpaired) electrons. The van der Waals surface area contributed by atoms with E-state index < -0.39 is 43.4 Å². The summed E-state index contributed by atoms with van der Waals surface area (Å²) in [7, 11) is 0. The van der Waals surface area contributed by atoms with Gasteiger partial charge in [0.2, 0.25) is 0 Å². The fraction of sp³-hybridized carbons (Fsp3) is 0.970. The summed E-state index contributed by atoms with van der Waals surface area (Å²) in [6, 6.07) is 0. The molecular weight excluding hydrogens is 540 g/mol. The minimum atomic E-state index is -1.53. The maximum atomic E-state index is 12.4. The van der Waals surface area contributed by atoms with Gasteiger partial charge in [0.1, 0.15) is 30.5 Å². The predicted molar refractivity (Wildman–Crippen MR) is 164 cm³/mol. The lowest BCUT2D eigenvalue weighted by Crippen LogP contribution is -2.59. The third kappa shape index (κ3) is 18.8. The molecule has 0 aromatic carbocycles. The summed E-state index contributed by atoms with van der Waals surface area (Å²) in [5.74, 6) is -0.325. The van der Waals surface area contributed by atoms with Crippen LogP contribution in [0.3, 0.4) is 0 Å². The highest BCUT2D eigenvalue weighted by molar-refractivity contribution is 5.69. The lowest BCUT2D eigenvalue weighted by Gasteiger charge is -2.39. The number of aliphatic hydroxyl groups is 4. The van der Waals surface area contributed by atoms with Gasteiger partial charge >= 0.3 is 5.97 Å². The van der Waals surface area contributed by atoms with Gasteiger partial charge in [-0.05, 0) is 12.8 Å². The average Bonchev–Trinajstić information content (AvgIpc) is 2.99. The van der Waals surface area contributed by atoms with Crippen LogP contribution in [0.25, 0.3) is 0 Å². The van der Waals surface area contributed by atoms with Gasteiger partial charge in [-0.1, -0.05) is 123 Å². The summed E-state index contributed by atoms with van der Waals surface area (Å²) in [5, 5.41) is 39.6. The average molecular weight is 605 g/mol. The molecule has 1 fully saturated rings. The smallest absolute Gasteiger partial charge is 0.306 e. The monoisotopic (exact) mass is 604 g/mol. The largest absolute Gasteiger partial charge is 0.457 e. The second-order valence-corrected chi connectivity index (χ2v) is 12.0. The van der Waals surface area contributed by atoms with Crippen molar-refractivity contribution in [2.24, 2.45) is 0 Å². The molecule has 1 aliphatic heterocycles. The van der Waals surface area contributed by atoms with Crippen molar-refractivity contribution in [2.75, 3.05) is 26.4 Å². The van der Waals surface area contributed by atoms with Crippen LogP contribution in [0.4, 0.5) is 0 Å². The molecule has 6 unspecified atom stereocenters. The van der Waals surface area contributed by atoms with Crippen LogP contribution in [0.2, 0.25) is 0 Å². The van der Waals surface area contributed by atoms with E-state index in [0.717, 1.165) is 44.9 Å². The summed E-state index contributed by atoms with van der Waals surface area (Å²) in [5.41, 5.74) is 0. The molecule has 42 heavy (non-hydrogen) atoms. The van der Waals surface area contributed by atoms with Gasteiger partial charge in [-0.15, -0.1) is 0 Å². The minimum absolute atomic E-state index is 0.108. The molecule has 4 N–H and O–H groups in total. The summed E-state index contributed by atoms with van der Waals surface area (Å²) < 4.78 is 22.5. The zero-order valence-corrected chi connectivity index (χ0v) is 26.8. The first-order valence-corrected chi connectivity index (χ1v) is 17.1. The number of unbranched alkanes of at least 4 members (excludes halogenated alkanes) is 17. The van der Waals surface area contributed by atoms with E-state index in [1.54, 1.807) is 0 Å². The molecule has 0 aromatic rings. The molecule has 0 amide bonds. The Kier molecular flexibility index (Phi) is 24.8. The first-order chi connectivity index (χ1) is 20.4. The number of esters is 1. The molecule has 1 aliphatic rings. The molecule has 0 saturated carbocycles.